The van der Waals surface area contributed by atoms with Gasteiger partial charge in [0.25, 0.3) is 0 Å². The Bertz CT molecular complexity index is 782. The predicted octanol–water partition coefficient (Wildman–Crippen LogP) is -1.44. The van der Waals surface area contributed by atoms with Gasteiger partial charge in [-0.05, 0) is 11.0 Å². The van der Waals surface area contributed by atoms with Gasteiger partial charge in [-0.3, -0.25) is 0 Å². The summed E-state index contributed by atoms with van der Waals surface area (Å²) < 4.78 is 0. The van der Waals surface area contributed by atoms with Gasteiger partial charge in [0.15, 0.2) is 0 Å². The van der Waals surface area contributed by atoms with Crippen LogP contribution < -0.4 is 24.8 Å². The molecule has 0 atom stereocenters. The Kier molecular flexibility index (Phi) is 12.6. The molecule has 1 radical (unpaired) electrons. The summed E-state index contributed by atoms with van der Waals surface area (Å²) in [6.07, 6.45) is 0. The molecule has 0 amide bonds. The Hall–Kier alpha value is -0.660. The van der Waals surface area contributed by atoms with Gasteiger partial charge < -0.3 is 24.8 Å². The third-order valence-corrected chi connectivity index (χ3v) is 3.84. The Morgan fingerprint density at radius 2 is 1.21 bits per heavy atom. The van der Waals surface area contributed by atoms with Crippen molar-refractivity contribution in [1.82, 2.24) is 0 Å². The molecule has 24 heavy (non-hydrogen) atoms. The molecule has 0 aliphatic rings. The molecule has 4 rings (SSSR count). The summed E-state index contributed by atoms with van der Waals surface area (Å²) in [5.74, 6) is 0. The molecular formula is C20H21Cl2SiZr. The van der Waals surface area contributed by atoms with E-state index in [9.17, 15) is 0 Å². The van der Waals surface area contributed by atoms with E-state index in [1.807, 2.05) is 0 Å². The van der Waals surface area contributed by atoms with Gasteiger partial charge in [-0.2, -0.15) is 17.2 Å². The van der Waals surface area contributed by atoms with Gasteiger partial charge in [-0.1, -0.05) is 50.2 Å². The van der Waals surface area contributed by atoms with E-state index in [4.69, 9.17) is 0 Å². The standard InChI is InChI=1S/C13H9.C7H9.2ClH.H3Si.Zr/c1-3-7-12-10(5-1)9-11-6-2-4-8-13(11)12;1-6-4-3-5-7(6)2;;;;/h1-9H;3-5H,1-2H3;2*1H;1H3;/q2*-1;;;;+4/p-2. The van der Waals surface area contributed by atoms with Crippen LogP contribution >= 0.6 is 0 Å². The molecule has 0 bridgehead atoms. The van der Waals surface area contributed by atoms with E-state index in [-0.39, 0.29) is 62.0 Å². The van der Waals surface area contributed by atoms with Crippen molar-refractivity contribution in [2.24, 2.45) is 0 Å². The molecule has 0 aromatic heterocycles. The summed E-state index contributed by atoms with van der Waals surface area (Å²) >= 11 is 0. The third-order valence-electron chi connectivity index (χ3n) is 3.84. The maximum absolute atomic E-state index is 2.24. The Morgan fingerprint density at radius 3 is 1.54 bits per heavy atom. The molecule has 0 fully saturated rings. The minimum atomic E-state index is 0. The molecule has 0 aliphatic heterocycles. The summed E-state index contributed by atoms with van der Waals surface area (Å²) in [4.78, 5) is 0. The number of hydrogen-bond acceptors (Lipinski definition) is 0. The van der Waals surface area contributed by atoms with Crippen LogP contribution in [-0.4, -0.2) is 11.0 Å². The molecule has 0 spiro atoms. The van der Waals surface area contributed by atoms with Gasteiger partial charge in [0.2, 0.25) is 0 Å². The third kappa shape index (κ3) is 5.70. The number of fused-ring (bicyclic) bond motifs is 3. The molecule has 0 nitrogen and oxygen atoms in total. The van der Waals surface area contributed by atoms with Crippen molar-refractivity contribution in [3.8, 4) is 0 Å². The van der Waals surface area contributed by atoms with Crippen molar-refractivity contribution in [3.05, 3.63) is 83.9 Å². The zero-order valence-electron chi connectivity index (χ0n) is 14.2. The van der Waals surface area contributed by atoms with E-state index in [0.717, 1.165) is 0 Å². The Balaban J connectivity index is 0. The molecule has 0 heterocycles. The van der Waals surface area contributed by atoms with Crippen LogP contribution in [0.25, 0.3) is 21.5 Å². The van der Waals surface area contributed by atoms with Gasteiger partial charge in [0.05, 0.1) is 0 Å². The van der Waals surface area contributed by atoms with Gasteiger partial charge in [-0.25, -0.2) is 12.1 Å². The summed E-state index contributed by atoms with van der Waals surface area (Å²) in [6, 6.07) is 25.6. The van der Waals surface area contributed by atoms with Gasteiger partial charge in [-0.15, -0.1) is 39.7 Å². The molecule has 0 saturated carbocycles. The van der Waals surface area contributed by atoms with Crippen LogP contribution in [0.3, 0.4) is 0 Å². The van der Waals surface area contributed by atoms with Crippen LogP contribution in [-0.2, 0) is 26.2 Å². The van der Waals surface area contributed by atoms with Crippen LogP contribution in [0, 0.1) is 13.8 Å². The molecule has 0 aliphatic carbocycles. The number of hydrogen-bond donors (Lipinski definition) is 0. The van der Waals surface area contributed by atoms with E-state index in [0.29, 0.717) is 0 Å². The van der Waals surface area contributed by atoms with Crippen molar-refractivity contribution in [3.63, 3.8) is 0 Å². The zero-order valence-corrected chi connectivity index (χ0v) is 20.2. The van der Waals surface area contributed by atoms with E-state index >= 15 is 0 Å². The fourth-order valence-electron chi connectivity index (χ4n) is 2.50. The topological polar surface area (TPSA) is 0 Å². The fraction of sp³-hybridized carbons (Fsp3) is 0.100. The largest absolute Gasteiger partial charge is 4.00 e. The SMILES string of the molecule is Cc1ccc[c-]1C.[Cl-].[Cl-].[SiH3].[Zr+4].c1ccc2c(c1)[cH-]c1ccccc12. The first kappa shape index (κ1) is 25.6. The first-order valence-electron chi connectivity index (χ1n) is 6.98. The van der Waals surface area contributed by atoms with E-state index < -0.39 is 0 Å². The zero-order chi connectivity index (χ0) is 13.9. The second-order valence-corrected chi connectivity index (χ2v) is 5.21. The van der Waals surface area contributed by atoms with E-state index in [1.165, 1.54) is 32.7 Å². The van der Waals surface area contributed by atoms with Gasteiger partial charge in [0.1, 0.15) is 0 Å². The monoisotopic (exact) mass is 449 g/mol. The van der Waals surface area contributed by atoms with Crippen molar-refractivity contribution >= 4 is 32.5 Å². The molecule has 0 unspecified atom stereocenters. The maximum Gasteiger partial charge on any atom is 4.00 e. The molecular weight excluding hydrogens is 430 g/mol. The molecule has 0 saturated heterocycles. The smallest absolute Gasteiger partial charge is 1.00 e. The Morgan fingerprint density at radius 1 is 0.750 bits per heavy atom. The first-order chi connectivity index (χ1) is 9.75. The summed E-state index contributed by atoms with van der Waals surface area (Å²) in [6.45, 7) is 4.24. The van der Waals surface area contributed by atoms with Crippen molar-refractivity contribution in [2.75, 3.05) is 0 Å². The maximum atomic E-state index is 2.24. The number of halogens is 2. The molecule has 4 heteroatoms. The average molecular weight is 452 g/mol. The average Bonchev–Trinajstić information content (AvgIpc) is 3.03. The minimum Gasteiger partial charge on any atom is -1.00 e. The molecule has 123 valence electrons. The fourth-order valence-corrected chi connectivity index (χ4v) is 2.50. The number of benzene rings is 2. The summed E-state index contributed by atoms with van der Waals surface area (Å²) in [7, 11) is 0. The summed E-state index contributed by atoms with van der Waals surface area (Å²) in [5.41, 5.74) is 2.78. The second kappa shape index (κ2) is 11.8. The minimum absolute atomic E-state index is 0. The van der Waals surface area contributed by atoms with Crippen molar-refractivity contribution < 1.29 is 51.0 Å². The van der Waals surface area contributed by atoms with Crippen LogP contribution in [0.5, 0.6) is 0 Å². The van der Waals surface area contributed by atoms with E-state index in [2.05, 4.69) is 86.6 Å². The van der Waals surface area contributed by atoms with Gasteiger partial charge >= 0.3 is 26.2 Å². The predicted molar refractivity (Wildman–Crippen MR) is 98.5 cm³/mol. The molecule has 4 aromatic carbocycles. The molecule has 4 aromatic rings. The van der Waals surface area contributed by atoms with E-state index in [1.54, 1.807) is 0 Å². The number of aryl methyl sites for hydroxylation is 2. The first-order valence-corrected chi connectivity index (χ1v) is 6.98. The Labute approximate surface area is 180 Å². The van der Waals surface area contributed by atoms with Crippen LogP contribution in [0.2, 0.25) is 0 Å². The second-order valence-electron chi connectivity index (χ2n) is 5.21. The van der Waals surface area contributed by atoms with Gasteiger partial charge in [0, 0.05) is 0 Å². The van der Waals surface area contributed by atoms with Crippen molar-refractivity contribution in [1.29, 1.82) is 0 Å². The normalized spacial score (nSPS) is 8.75. The van der Waals surface area contributed by atoms with Crippen LogP contribution in [0.1, 0.15) is 11.1 Å². The number of rotatable bonds is 0. The molecule has 0 N–H and O–H groups in total. The summed E-state index contributed by atoms with van der Waals surface area (Å²) in [5, 5.41) is 5.39. The quantitative estimate of drug-likeness (QED) is 0.227. The van der Waals surface area contributed by atoms with Crippen LogP contribution in [0.4, 0.5) is 0 Å². The van der Waals surface area contributed by atoms with Crippen molar-refractivity contribution in [2.45, 2.75) is 13.8 Å². The van der Waals surface area contributed by atoms with Crippen LogP contribution in [0.15, 0.2) is 72.8 Å².